The van der Waals surface area contributed by atoms with Crippen LogP contribution in [0.25, 0.3) is 0 Å². The zero-order valence-corrected chi connectivity index (χ0v) is 39.2. The second-order valence-electron chi connectivity index (χ2n) is 14.4. The third-order valence-corrected chi connectivity index (χ3v) is 13.8. The maximum Gasteiger partial charge on any atom is 0.224 e. The Labute approximate surface area is 383 Å². The van der Waals surface area contributed by atoms with Gasteiger partial charge < -0.3 is 41.5 Å². The van der Waals surface area contributed by atoms with Crippen molar-refractivity contribution in [1.82, 2.24) is 28.5 Å². The van der Waals surface area contributed by atoms with E-state index < -0.39 is 36.6 Å². The molecule has 2 aliphatic heterocycles. The molecule has 1 atom stereocenters. The van der Waals surface area contributed by atoms with Crippen molar-refractivity contribution in [3.05, 3.63) is 71.0 Å². The second-order valence-corrected chi connectivity index (χ2v) is 20.0. The number of carbonyl (C=O) groups excluding carboxylic acids is 2. The number of carbonyl (C=O) groups is 2. The minimum absolute atomic E-state index is 0. The van der Waals surface area contributed by atoms with E-state index in [1.165, 1.54) is 62.0 Å². The number of hydrogen-bond acceptors (Lipinski definition) is 19. The van der Waals surface area contributed by atoms with Crippen LogP contribution >= 0.6 is 0 Å². The molecule has 0 bridgehead atoms. The van der Waals surface area contributed by atoms with Crippen LogP contribution in [0.5, 0.6) is 23.0 Å². The lowest BCUT2D eigenvalue weighted by atomic mass is 10.0. The predicted octanol–water partition coefficient (Wildman–Crippen LogP) is 2.58. The van der Waals surface area contributed by atoms with E-state index in [9.17, 15) is 30.6 Å². The molecule has 0 aliphatic carbocycles. The summed E-state index contributed by atoms with van der Waals surface area (Å²) in [5.74, 6) is 1.70. The number of benzene rings is 2. The lowest BCUT2D eigenvalue weighted by Gasteiger charge is -2.30. The zero-order chi connectivity index (χ0) is 47.4. The molecule has 7 N–H and O–H groups in total. The van der Waals surface area contributed by atoms with Crippen LogP contribution in [0, 0.1) is 0 Å². The first-order valence-corrected chi connectivity index (χ1v) is 24.8. The van der Waals surface area contributed by atoms with Gasteiger partial charge in [-0.05, 0) is 62.1 Å². The molecule has 65 heavy (non-hydrogen) atoms. The van der Waals surface area contributed by atoms with Gasteiger partial charge in [-0.1, -0.05) is 14.4 Å². The summed E-state index contributed by atoms with van der Waals surface area (Å²) in [6.07, 6.45) is 7.92. The fourth-order valence-corrected chi connectivity index (χ4v) is 8.80. The number of piperidine rings is 2. The summed E-state index contributed by atoms with van der Waals surface area (Å²) in [5, 5.41) is 3.27. The average molecular weight is 965 g/mol. The topological polar surface area (TPSA) is 305 Å². The first-order valence-electron chi connectivity index (χ1n) is 19.8. The number of aromatic nitrogens is 4. The Kier molecular flexibility index (Phi) is 20.0. The number of nitrogens with zero attached hydrogens (tertiary/aromatic N) is 6. The molecule has 6 rings (SSSR count). The first-order chi connectivity index (χ1) is 30.2. The van der Waals surface area contributed by atoms with Gasteiger partial charge in [0.15, 0.2) is 0 Å². The number of nitrogen functional groups attached to an aromatic ring is 2. The number of anilines is 3. The SMILES string of the molecule is C.CCS(=O)c1ncc(C(=O)c2cc(OC)ccc2OC)c(N)n1.COc1ccc(OC)c(C(=O)c2cnc(NC3CCN(S(C)(=O)=O)CC3)nc2N)c1.CS(=O)(=O)N1CCC(N)CC1. The molecule has 24 heteroatoms. The maximum atomic E-state index is 13.0. The van der Waals surface area contributed by atoms with Crippen LogP contribution < -0.4 is 41.5 Å². The summed E-state index contributed by atoms with van der Waals surface area (Å²) in [5.41, 5.74) is 18.3. The van der Waals surface area contributed by atoms with Gasteiger partial charge in [0.2, 0.25) is 42.7 Å². The van der Waals surface area contributed by atoms with Crippen molar-refractivity contribution in [2.24, 2.45) is 5.73 Å². The van der Waals surface area contributed by atoms with Crippen molar-refractivity contribution < 1.29 is 49.6 Å². The van der Waals surface area contributed by atoms with Crippen molar-refractivity contribution in [1.29, 1.82) is 0 Å². The van der Waals surface area contributed by atoms with Crippen LogP contribution in [-0.2, 0) is 30.8 Å². The lowest BCUT2D eigenvalue weighted by molar-refractivity contribution is 0.102. The largest absolute Gasteiger partial charge is 0.497 e. The highest BCUT2D eigenvalue weighted by atomic mass is 32.2. The highest BCUT2D eigenvalue weighted by Gasteiger charge is 2.27. The molecule has 2 aromatic heterocycles. The lowest BCUT2D eigenvalue weighted by Crippen LogP contribution is -2.42. The molecule has 0 spiro atoms. The molecular formula is C41H60N10O11S3. The van der Waals surface area contributed by atoms with Crippen LogP contribution in [-0.4, -0.2) is 146 Å². The van der Waals surface area contributed by atoms with Gasteiger partial charge in [-0.2, -0.15) is 4.98 Å². The van der Waals surface area contributed by atoms with Crippen molar-refractivity contribution >= 4 is 60.0 Å². The Hall–Kier alpha value is -5.53. The summed E-state index contributed by atoms with van der Waals surface area (Å²) < 4.78 is 80.6. The summed E-state index contributed by atoms with van der Waals surface area (Å²) in [6.45, 7) is 3.77. The molecular weight excluding hydrogens is 905 g/mol. The number of hydrogen-bond donors (Lipinski definition) is 4. The highest BCUT2D eigenvalue weighted by Crippen LogP contribution is 2.29. The minimum atomic E-state index is -3.18. The molecule has 2 fully saturated rings. The Morgan fingerprint density at radius 1 is 0.708 bits per heavy atom. The molecule has 2 aliphatic rings. The van der Waals surface area contributed by atoms with Gasteiger partial charge in [0, 0.05) is 56.4 Å². The number of sulfonamides is 2. The normalized spacial score (nSPS) is 15.4. The van der Waals surface area contributed by atoms with E-state index in [4.69, 9.17) is 36.1 Å². The van der Waals surface area contributed by atoms with Gasteiger partial charge in [-0.3, -0.25) is 13.8 Å². The fourth-order valence-electron chi connectivity index (χ4n) is 6.43. The van der Waals surface area contributed by atoms with Gasteiger partial charge in [0.05, 0.1) is 74.0 Å². The number of rotatable bonds is 14. The van der Waals surface area contributed by atoms with Gasteiger partial charge >= 0.3 is 0 Å². The quantitative estimate of drug-likeness (QED) is 0.104. The third kappa shape index (κ3) is 14.7. The van der Waals surface area contributed by atoms with E-state index in [1.807, 2.05) is 0 Å². The summed E-state index contributed by atoms with van der Waals surface area (Å²) in [4.78, 5) is 42.0. The smallest absolute Gasteiger partial charge is 0.224 e. The van der Waals surface area contributed by atoms with E-state index in [0.29, 0.717) is 79.3 Å². The Bertz CT molecular complexity index is 2520. The van der Waals surface area contributed by atoms with E-state index in [-0.39, 0.29) is 58.8 Å². The van der Waals surface area contributed by atoms with Crippen LogP contribution in [0.2, 0.25) is 0 Å². The first kappa shape index (κ1) is 53.8. The summed E-state index contributed by atoms with van der Waals surface area (Å²) >= 11 is 0. The summed E-state index contributed by atoms with van der Waals surface area (Å²) in [6, 6.07) is 9.98. The van der Waals surface area contributed by atoms with Crippen LogP contribution in [0.1, 0.15) is 71.9 Å². The van der Waals surface area contributed by atoms with Crippen molar-refractivity contribution in [2.75, 3.05) is 89.7 Å². The van der Waals surface area contributed by atoms with Crippen molar-refractivity contribution in [3.8, 4) is 23.0 Å². The zero-order valence-electron chi connectivity index (χ0n) is 36.8. The van der Waals surface area contributed by atoms with Gasteiger partial charge in [-0.15, -0.1) is 0 Å². The van der Waals surface area contributed by atoms with Crippen LogP contribution in [0.15, 0.2) is 53.9 Å². The molecule has 2 saturated heterocycles. The highest BCUT2D eigenvalue weighted by molar-refractivity contribution is 7.88. The Morgan fingerprint density at radius 2 is 1.14 bits per heavy atom. The molecule has 21 nitrogen and oxygen atoms in total. The van der Waals surface area contributed by atoms with E-state index in [1.54, 1.807) is 43.3 Å². The van der Waals surface area contributed by atoms with E-state index >= 15 is 0 Å². The molecule has 4 heterocycles. The monoisotopic (exact) mass is 964 g/mol. The second kappa shape index (κ2) is 24.1. The van der Waals surface area contributed by atoms with Crippen LogP contribution in [0.4, 0.5) is 17.6 Å². The molecule has 0 radical (unpaired) electrons. The van der Waals surface area contributed by atoms with Crippen molar-refractivity contribution in [3.63, 3.8) is 0 Å². The molecule has 358 valence electrons. The van der Waals surface area contributed by atoms with E-state index in [2.05, 4.69) is 25.3 Å². The number of nitrogens with two attached hydrogens (primary N) is 3. The third-order valence-electron chi connectivity index (χ3n) is 10.1. The number of ether oxygens (including phenoxy) is 4. The number of ketones is 2. The molecule has 1 unspecified atom stereocenters. The fraction of sp³-hybridized carbons (Fsp3) is 0.463. The number of methoxy groups -OCH3 is 4. The Balaban J connectivity index is 0.000000283. The van der Waals surface area contributed by atoms with Crippen molar-refractivity contribution in [2.45, 2.75) is 57.3 Å². The molecule has 0 amide bonds. The molecule has 2 aromatic carbocycles. The summed E-state index contributed by atoms with van der Waals surface area (Å²) in [7, 11) is -1.54. The Morgan fingerprint density at radius 3 is 1.52 bits per heavy atom. The molecule has 0 saturated carbocycles. The standard InChI is InChI=1S/C19H25N5O5S.C15H17N3O4S.C6H14N2O2S.CH4/c1-28-13-4-5-16(29-2)14(10-13)17(25)15-11-21-19(23-18(15)20)22-12-6-8-24(9-7-12)30(3,26)27;1-4-23(20)15-17-8-11(14(16)18-15)13(19)10-7-9(21-2)5-6-12(10)22-3;1-11(9,10)8-4-2-6(7)3-5-8;/h4-5,10-12H,6-9H2,1-3H3,(H3,20,21,22,23);5-8H,4H2,1-3H3,(H2,16,17,18);6H,2-5,7H2,1H3;1H4. The average Bonchev–Trinajstić information content (AvgIpc) is 3.28. The maximum absolute atomic E-state index is 13.0. The molecule has 4 aromatic rings. The predicted molar refractivity (Wildman–Crippen MR) is 249 cm³/mol. The van der Waals surface area contributed by atoms with E-state index in [0.717, 1.165) is 12.8 Å². The minimum Gasteiger partial charge on any atom is -0.497 e. The van der Waals surface area contributed by atoms with Gasteiger partial charge in [0.1, 0.15) is 34.6 Å². The number of nitrogens with one attached hydrogen (secondary N) is 1. The van der Waals surface area contributed by atoms with Gasteiger partial charge in [-0.25, -0.2) is 40.4 Å². The van der Waals surface area contributed by atoms with Crippen LogP contribution in [0.3, 0.4) is 0 Å². The van der Waals surface area contributed by atoms with Gasteiger partial charge in [0.25, 0.3) is 0 Å².